The maximum Gasteiger partial charge on any atom is 0.341 e. The summed E-state index contributed by atoms with van der Waals surface area (Å²) >= 11 is 6.03. The molecule has 0 saturated carbocycles. The minimum Gasteiger partial charge on any atom is -0.490 e. The van der Waals surface area contributed by atoms with Crippen LogP contribution < -0.4 is 14.8 Å². The summed E-state index contributed by atoms with van der Waals surface area (Å²) in [5.41, 5.74) is 0.879. The number of nitrogens with one attached hydrogen (secondary N) is 1. The molecule has 2 aromatic rings. The smallest absolute Gasteiger partial charge is 0.341 e. The van der Waals surface area contributed by atoms with Crippen LogP contribution in [0.5, 0.6) is 11.5 Å². The van der Waals surface area contributed by atoms with Crippen molar-refractivity contribution in [3.63, 3.8) is 0 Å². The molecule has 144 valence electrons. The molecule has 8 heteroatoms. The molecule has 0 aliphatic carbocycles. The Balaban J connectivity index is 2.17. The van der Waals surface area contributed by atoms with E-state index in [0.29, 0.717) is 17.7 Å². The van der Waals surface area contributed by atoms with Crippen molar-refractivity contribution in [3.8, 4) is 11.5 Å². The zero-order valence-electron chi connectivity index (χ0n) is 14.8. The first kappa shape index (κ1) is 20.5. The van der Waals surface area contributed by atoms with Crippen LogP contribution in [0.3, 0.4) is 0 Å². The molecule has 0 aliphatic rings. The van der Waals surface area contributed by atoms with Crippen LogP contribution in [0, 0.1) is 5.82 Å². The van der Waals surface area contributed by atoms with Crippen LogP contribution in [0.1, 0.15) is 35.8 Å². The Morgan fingerprint density at radius 3 is 2.56 bits per heavy atom. The van der Waals surface area contributed by atoms with Gasteiger partial charge in [0.05, 0.1) is 12.6 Å². The van der Waals surface area contributed by atoms with E-state index < -0.39 is 30.3 Å². The zero-order chi connectivity index (χ0) is 20.0. The third kappa shape index (κ3) is 5.59. The van der Waals surface area contributed by atoms with Crippen LogP contribution in [0.2, 0.25) is 5.02 Å². The van der Waals surface area contributed by atoms with Crippen molar-refractivity contribution in [1.82, 2.24) is 5.32 Å². The van der Waals surface area contributed by atoms with Crippen LogP contribution in [0.25, 0.3) is 0 Å². The fourth-order valence-electron chi connectivity index (χ4n) is 2.39. The minimum atomic E-state index is -1.12. The number of carbonyl (C=O) groups is 2. The van der Waals surface area contributed by atoms with Crippen molar-refractivity contribution < 1.29 is 28.6 Å². The van der Waals surface area contributed by atoms with E-state index in [-0.39, 0.29) is 16.5 Å². The van der Waals surface area contributed by atoms with Crippen molar-refractivity contribution in [2.24, 2.45) is 0 Å². The topological polar surface area (TPSA) is 84.9 Å². The summed E-state index contributed by atoms with van der Waals surface area (Å²) in [6, 6.07) is 7.94. The first-order valence-corrected chi connectivity index (χ1v) is 8.56. The predicted molar refractivity (Wildman–Crippen MR) is 98.0 cm³/mol. The monoisotopic (exact) mass is 395 g/mol. The summed E-state index contributed by atoms with van der Waals surface area (Å²) in [7, 11) is 0. The summed E-state index contributed by atoms with van der Waals surface area (Å²) in [6.07, 6.45) is 0. The van der Waals surface area contributed by atoms with E-state index in [0.717, 1.165) is 0 Å². The number of aliphatic carboxylic acids is 1. The average molecular weight is 396 g/mol. The number of carboxylic acids is 1. The second-order valence-electron chi connectivity index (χ2n) is 5.64. The van der Waals surface area contributed by atoms with E-state index in [2.05, 4.69) is 5.32 Å². The highest BCUT2D eigenvalue weighted by atomic mass is 35.5. The number of ether oxygens (including phenoxy) is 2. The minimum absolute atomic E-state index is 0.218. The fraction of sp³-hybridized carbons (Fsp3) is 0.263. The molecule has 2 aromatic carbocycles. The molecule has 6 nitrogen and oxygen atoms in total. The molecule has 2 rings (SSSR count). The van der Waals surface area contributed by atoms with E-state index in [4.69, 9.17) is 26.2 Å². The number of rotatable bonds is 8. The van der Waals surface area contributed by atoms with Gasteiger partial charge < -0.3 is 19.9 Å². The lowest BCUT2D eigenvalue weighted by Gasteiger charge is -2.17. The second kappa shape index (κ2) is 9.23. The summed E-state index contributed by atoms with van der Waals surface area (Å²) < 4.78 is 23.7. The molecule has 1 atom stereocenters. The molecule has 0 aliphatic heterocycles. The van der Waals surface area contributed by atoms with E-state index in [1.54, 1.807) is 13.8 Å². The van der Waals surface area contributed by atoms with Crippen molar-refractivity contribution in [3.05, 3.63) is 58.4 Å². The largest absolute Gasteiger partial charge is 0.490 e. The SMILES string of the molecule is CCOc1cc(C(=O)NC(C)c2ccc(F)cc2Cl)ccc1OCC(=O)O. The average Bonchev–Trinajstić information content (AvgIpc) is 2.60. The molecule has 1 amide bonds. The van der Waals surface area contributed by atoms with Gasteiger partial charge in [0, 0.05) is 10.6 Å². The van der Waals surface area contributed by atoms with Crippen molar-refractivity contribution >= 4 is 23.5 Å². The second-order valence-corrected chi connectivity index (χ2v) is 6.05. The van der Waals surface area contributed by atoms with Crippen molar-refractivity contribution in [2.45, 2.75) is 19.9 Å². The molecule has 0 radical (unpaired) electrons. The Labute approximate surface area is 160 Å². The lowest BCUT2D eigenvalue weighted by molar-refractivity contribution is -0.139. The van der Waals surface area contributed by atoms with Gasteiger partial charge in [-0.1, -0.05) is 17.7 Å². The molecule has 0 fully saturated rings. The van der Waals surface area contributed by atoms with Gasteiger partial charge in [0.15, 0.2) is 18.1 Å². The predicted octanol–water partition coefficient (Wildman–Crippen LogP) is 3.83. The third-order valence-electron chi connectivity index (χ3n) is 3.63. The summed E-state index contributed by atoms with van der Waals surface area (Å²) in [5, 5.41) is 11.7. The van der Waals surface area contributed by atoms with Gasteiger partial charge in [0.25, 0.3) is 5.91 Å². The molecule has 0 spiro atoms. The molecular formula is C19H19ClFNO5. The van der Waals surface area contributed by atoms with Crippen LogP contribution in [-0.4, -0.2) is 30.2 Å². The van der Waals surface area contributed by atoms with E-state index >= 15 is 0 Å². The van der Waals surface area contributed by atoms with Gasteiger partial charge in [0.2, 0.25) is 0 Å². The highest BCUT2D eigenvalue weighted by molar-refractivity contribution is 6.31. The normalized spacial score (nSPS) is 11.6. The molecule has 0 aromatic heterocycles. The van der Waals surface area contributed by atoms with Crippen LogP contribution in [-0.2, 0) is 4.79 Å². The van der Waals surface area contributed by atoms with Gasteiger partial charge >= 0.3 is 5.97 Å². The number of hydrogen-bond donors (Lipinski definition) is 2. The fourth-order valence-corrected chi connectivity index (χ4v) is 2.72. The molecule has 2 N–H and O–H groups in total. The Morgan fingerprint density at radius 2 is 1.93 bits per heavy atom. The number of carbonyl (C=O) groups excluding carboxylic acids is 1. The van der Waals surface area contributed by atoms with E-state index in [1.807, 2.05) is 0 Å². The van der Waals surface area contributed by atoms with Gasteiger partial charge in [0.1, 0.15) is 5.82 Å². The lowest BCUT2D eigenvalue weighted by Crippen LogP contribution is -2.27. The molecule has 0 saturated heterocycles. The van der Waals surface area contributed by atoms with Crippen molar-refractivity contribution in [1.29, 1.82) is 0 Å². The van der Waals surface area contributed by atoms with E-state index in [9.17, 15) is 14.0 Å². The molecule has 27 heavy (non-hydrogen) atoms. The number of carboxylic acid groups (broad SMARTS) is 1. The van der Waals surface area contributed by atoms with Gasteiger partial charge in [-0.2, -0.15) is 0 Å². The highest BCUT2D eigenvalue weighted by Crippen LogP contribution is 2.29. The van der Waals surface area contributed by atoms with Crippen molar-refractivity contribution in [2.75, 3.05) is 13.2 Å². The summed E-state index contributed by atoms with van der Waals surface area (Å²) in [4.78, 5) is 23.2. The first-order chi connectivity index (χ1) is 12.8. The number of hydrogen-bond acceptors (Lipinski definition) is 4. The van der Waals surface area contributed by atoms with Gasteiger partial charge in [-0.15, -0.1) is 0 Å². The lowest BCUT2D eigenvalue weighted by atomic mass is 10.1. The van der Waals surface area contributed by atoms with Crippen LogP contribution in [0.4, 0.5) is 4.39 Å². The third-order valence-corrected chi connectivity index (χ3v) is 3.96. The molecule has 1 unspecified atom stereocenters. The molecular weight excluding hydrogens is 377 g/mol. The number of benzene rings is 2. The van der Waals surface area contributed by atoms with Gasteiger partial charge in [-0.25, -0.2) is 9.18 Å². The highest BCUT2D eigenvalue weighted by Gasteiger charge is 2.17. The Bertz CT molecular complexity index is 843. The first-order valence-electron chi connectivity index (χ1n) is 8.19. The van der Waals surface area contributed by atoms with E-state index in [1.165, 1.54) is 36.4 Å². The Hall–Kier alpha value is -2.80. The number of amides is 1. The Morgan fingerprint density at radius 1 is 1.19 bits per heavy atom. The Kier molecular flexibility index (Phi) is 7.01. The van der Waals surface area contributed by atoms with Crippen LogP contribution >= 0.6 is 11.6 Å². The quantitative estimate of drug-likeness (QED) is 0.709. The summed E-state index contributed by atoms with van der Waals surface area (Å²) in [5.74, 6) is -1.48. The summed E-state index contributed by atoms with van der Waals surface area (Å²) in [6.45, 7) is 3.28. The molecule has 0 heterocycles. The molecule has 0 bridgehead atoms. The number of halogens is 2. The standard InChI is InChI=1S/C19H19ClFNO5/c1-3-26-17-8-12(4-7-16(17)27-10-18(23)24)19(25)22-11(2)14-6-5-13(21)9-15(14)20/h4-9,11H,3,10H2,1-2H3,(H,22,25)(H,23,24). The maximum absolute atomic E-state index is 13.2. The zero-order valence-corrected chi connectivity index (χ0v) is 15.5. The maximum atomic E-state index is 13.2. The van der Waals surface area contributed by atoms with Crippen LogP contribution in [0.15, 0.2) is 36.4 Å². The van der Waals surface area contributed by atoms with Gasteiger partial charge in [-0.05, 0) is 49.7 Å². The van der Waals surface area contributed by atoms with Gasteiger partial charge in [-0.3, -0.25) is 4.79 Å².